The Kier molecular flexibility index (Phi) is 5.04. The van der Waals surface area contributed by atoms with Crippen LogP contribution in [0.2, 0.25) is 0 Å². The summed E-state index contributed by atoms with van der Waals surface area (Å²) in [4.78, 5) is 4.58. The summed E-state index contributed by atoms with van der Waals surface area (Å²) in [5, 5.41) is 21.0. The smallest absolute Gasteiger partial charge is 0.161 e. The molecule has 0 atom stereocenters. The molecule has 5 nitrogen and oxygen atoms in total. The maximum absolute atomic E-state index is 9.68. The average Bonchev–Trinajstić information content (AvgIpc) is 2.56. The third-order valence-electron chi connectivity index (χ3n) is 3.80. The highest BCUT2D eigenvalue weighted by atomic mass is 35.5. The van der Waals surface area contributed by atoms with Gasteiger partial charge in [0, 0.05) is 16.6 Å². The van der Waals surface area contributed by atoms with Gasteiger partial charge in [-0.3, -0.25) is 4.98 Å². The Balaban J connectivity index is 0.00000208. The Bertz CT molecular complexity index is 896. The lowest BCUT2D eigenvalue weighted by Gasteiger charge is -2.12. The van der Waals surface area contributed by atoms with E-state index in [9.17, 15) is 10.2 Å². The fourth-order valence-corrected chi connectivity index (χ4v) is 2.58. The number of nitrogens with zero attached hydrogens (tertiary/aromatic N) is 1. The molecule has 0 unspecified atom stereocenters. The molecule has 1 aromatic heterocycles. The largest absolute Gasteiger partial charge is 0.504 e. The van der Waals surface area contributed by atoms with E-state index in [-0.39, 0.29) is 23.9 Å². The van der Waals surface area contributed by atoms with Crippen LogP contribution in [0.4, 0.5) is 0 Å². The maximum atomic E-state index is 9.68. The Hall–Kier alpha value is -2.66. The molecule has 0 bridgehead atoms. The number of aromatic hydroxyl groups is 2. The molecule has 0 amide bonds. The number of phenolic OH excluding ortho intramolecular Hbond substituents is 2. The van der Waals surface area contributed by atoms with Crippen molar-refractivity contribution in [1.82, 2.24) is 4.98 Å². The maximum Gasteiger partial charge on any atom is 0.161 e. The molecular formula is C18H18ClNO4. The first-order valence-corrected chi connectivity index (χ1v) is 7.09. The minimum Gasteiger partial charge on any atom is -0.504 e. The molecule has 1 heterocycles. The molecule has 3 rings (SSSR count). The molecule has 0 saturated carbocycles. The van der Waals surface area contributed by atoms with E-state index in [1.165, 1.54) is 12.1 Å². The molecule has 3 aromatic rings. The number of phenols is 2. The Morgan fingerprint density at radius 3 is 2.17 bits per heavy atom. The van der Waals surface area contributed by atoms with Gasteiger partial charge in [0.05, 0.1) is 19.9 Å². The first-order chi connectivity index (χ1) is 11.0. The lowest BCUT2D eigenvalue weighted by Crippen LogP contribution is -1.94. The quantitative estimate of drug-likeness (QED) is 0.699. The molecule has 2 aromatic carbocycles. The van der Waals surface area contributed by atoms with Crippen molar-refractivity contribution >= 4 is 23.2 Å². The van der Waals surface area contributed by atoms with Gasteiger partial charge >= 0.3 is 0 Å². The second-order valence-corrected chi connectivity index (χ2v) is 5.22. The Morgan fingerprint density at radius 1 is 0.875 bits per heavy atom. The van der Waals surface area contributed by atoms with Crippen molar-refractivity contribution < 1.29 is 19.7 Å². The minimum atomic E-state index is -0.172. The highest BCUT2D eigenvalue weighted by Crippen LogP contribution is 2.36. The molecule has 0 aliphatic carbocycles. The fraction of sp³-hybridized carbons (Fsp3) is 0.167. The summed E-state index contributed by atoms with van der Waals surface area (Å²) < 4.78 is 10.7. The molecule has 0 saturated heterocycles. The summed E-state index contributed by atoms with van der Waals surface area (Å²) in [5.41, 5.74) is 2.27. The molecular weight excluding hydrogens is 330 g/mol. The van der Waals surface area contributed by atoms with Crippen molar-refractivity contribution in [3.05, 3.63) is 42.1 Å². The molecule has 6 heteroatoms. The third kappa shape index (κ3) is 3.03. The van der Waals surface area contributed by atoms with Gasteiger partial charge in [0.1, 0.15) is 0 Å². The van der Waals surface area contributed by atoms with E-state index in [4.69, 9.17) is 9.47 Å². The van der Waals surface area contributed by atoms with Gasteiger partial charge in [0.15, 0.2) is 23.0 Å². The highest BCUT2D eigenvalue weighted by molar-refractivity contribution is 5.90. The monoisotopic (exact) mass is 347 g/mol. The van der Waals surface area contributed by atoms with Crippen LogP contribution < -0.4 is 9.47 Å². The molecule has 0 radical (unpaired) electrons. The van der Waals surface area contributed by atoms with Crippen molar-refractivity contribution in [2.24, 2.45) is 0 Å². The Labute approximate surface area is 145 Å². The van der Waals surface area contributed by atoms with Crippen LogP contribution in [0.25, 0.3) is 22.0 Å². The van der Waals surface area contributed by atoms with Gasteiger partial charge < -0.3 is 19.7 Å². The number of methoxy groups -OCH3 is 2. The zero-order valence-corrected chi connectivity index (χ0v) is 14.3. The summed E-state index contributed by atoms with van der Waals surface area (Å²) in [6.07, 6.45) is 0. The van der Waals surface area contributed by atoms with E-state index in [1.54, 1.807) is 20.3 Å². The summed E-state index contributed by atoms with van der Waals surface area (Å²) >= 11 is 0. The lowest BCUT2D eigenvalue weighted by molar-refractivity contribution is 0.356. The van der Waals surface area contributed by atoms with Gasteiger partial charge in [0.25, 0.3) is 0 Å². The average molecular weight is 348 g/mol. The molecule has 24 heavy (non-hydrogen) atoms. The molecule has 126 valence electrons. The minimum absolute atomic E-state index is 0. The summed E-state index contributed by atoms with van der Waals surface area (Å²) in [5.74, 6) is 0.969. The summed E-state index contributed by atoms with van der Waals surface area (Å²) in [7, 11) is 3.19. The van der Waals surface area contributed by atoms with Crippen LogP contribution in [-0.2, 0) is 0 Å². The van der Waals surface area contributed by atoms with Crippen molar-refractivity contribution in [2.45, 2.75) is 6.92 Å². The van der Waals surface area contributed by atoms with Crippen LogP contribution in [0.1, 0.15) is 5.69 Å². The van der Waals surface area contributed by atoms with Gasteiger partial charge in [-0.25, -0.2) is 0 Å². The van der Waals surface area contributed by atoms with Crippen LogP contribution in [0.15, 0.2) is 36.4 Å². The van der Waals surface area contributed by atoms with E-state index in [0.29, 0.717) is 17.2 Å². The number of pyridine rings is 1. The van der Waals surface area contributed by atoms with Crippen LogP contribution in [-0.4, -0.2) is 29.4 Å². The molecule has 0 aliphatic rings. The number of ether oxygens (including phenoxy) is 2. The molecule has 0 fully saturated rings. The number of aromatic nitrogens is 1. The first kappa shape index (κ1) is 17.7. The van der Waals surface area contributed by atoms with Crippen molar-refractivity contribution in [2.75, 3.05) is 14.2 Å². The van der Waals surface area contributed by atoms with Crippen LogP contribution >= 0.6 is 12.4 Å². The van der Waals surface area contributed by atoms with Gasteiger partial charge in [-0.15, -0.1) is 12.4 Å². The number of fused-ring (bicyclic) bond motifs is 1. The zero-order valence-electron chi connectivity index (χ0n) is 13.5. The number of hydrogen-bond donors (Lipinski definition) is 2. The predicted molar refractivity (Wildman–Crippen MR) is 95.6 cm³/mol. The van der Waals surface area contributed by atoms with E-state index < -0.39 is 0 Å². The predicted octanol–water partition coefficient (Wildman–Crippen LogP) is 4.06. The van der Waals surface area contributed by atoms with Gasteiger partial charge in [-0.2, -0.15) is 0 Å². The van der Waals surface area contributed by atoms with E-state index >= 15 is 0 Å². The highest BCUT2D eigenvalue weighted by Gasteiger charge is 2.11. The SMILES string of the molecule is COc1cc2cc(-c3ccc(O)c(O)c3)nc(C)c2cc1OC.Cl. The summed E-state index contributed by atoms with van der Waals surface area (Å²) in [6.45, 7) is 1.91. The Morgan fingerprint density at radius 2 is 1.54 bits per heavy atom. The number of aryl methyl sites for hydroxylation is 1. The molecule has 0 spiro atoms. The normalized spacial score (nSPS) is 10.3. The van der Waals surface area contributed by atoms with E-state index in [2.05, 4.69) is 4.98 Å². The second kappa shape index (κ2) is 6.84. The number of rotatable bonds is 3. The van der Waals surface area contributed by atoms with Crippen molar-refractivity contribution in [1.29, 1.82) is 0 Å². The lowest BCUT2D eigenvalue weighted by atomic mass is 10.0. The van der Waals surface area contributed by atoms with E-state index in [1.807, 2.05) is 25.1 Å². The number of hydrogen-bond acceptors (Lipinski definition) is 5. The standard InChI is InChI=1S/C18H17NO4.ClH/c1-10-13-9-18(23-3)17(22-2)8-12(13)6-14(19-10)11-4-5-15(20)16(21)7-11;/h4-9,20-21H,1-3H3;1H. The van der Waals surface area contributed by atoms with Crippen molar-refractivity contribution in [3.63, 3.8) is 0 Å². The summed E-state index contributed by atoms with van der Waals surface area (Å²) in [6, 6.07) is 10.4. The fourth-order valence-electron chi connectivity index (χ4n) is 2.58. The molecule has 0 aliphatic heterocycles. The second-order valence-electron chi connectivity index (χ2n) is 5.22. The van der Waals surface area contributed by atoms with Crippen LogP contribution in [0.3, 0.4) is 0 Å². The molecule has 2 N–H and O–H groups in total. The number of benzene rings is 2. The van der Waals surface area contributed by atoms with Crippen LogP contribution in [0.5, 0.6) is 23.0 Å². The van der Waals surface area contributed by atoms with Gasteiger partial charge in [-0.1, -0.05) is 0 Å². The van der Waals surface area contributed by atoms with Crippen LogP contribution in [0, 0.1) is 6.92 Å². The van der Waals surface area contributed by atoms with Gasteiger partial charge in [-0.05, 0) is 48.7 Å². The number of halogens is 1. The van der Waals surface area contributed by atoms with Crippen molar-refractivity contribution in [3.8, 4) is 34.3 Å². The first-order valence-electron chi connectivity index (χ1n) is 7.09. The topological polar surface area (TPSA) is 71.8 Å². The van der Waals surface area contributed by atoms with Gasteiger partial charge in [0.2, 0.25) is 0 Å². The van der Waals surface area contributed by atoms with E-state index in [0.717, 1.165) is 22.0 Å². The third-order valence-corrected chi connectivity index (χ3v) is 3.80. The zero-order chi connectivity index (χ0) is 16.6.